The molecule has 0 bridgehead atoms. The van der Waals surface area contributed by atoms with Gasteiger partial charge in [-0.25, -0.2) is 9.97 Å². The smallest absolute Gasteiger partial charge is 0.158 e. The van der Waals surface area contributed by atoms with Crippen molar-refractivity contribution in [3.63, 3.8) is 0 Å². The molecule has 0 aliphatic heterocycles. The third-order valence-corrected chi connectivity index (χ3v) is 2.48. The van der Waals surface area contributed by atoms with Crippen molar-refractivity contribution in [1.82, 2.24) is 14.5 Å². The first-order valence-electron chi connectivity index (χ1n) is 4.65. The maximum absolute atomic E-state index is 4.42. The Balaban J connectivity index is 2.26. The van der Waals surface area contributed by atoms with Gasteiger partial charge < -0.3 is 4.57 Å². The van der Waals surface area contributed by atoms with E-state index in [-0.39, 0.29) is 0 Å². The zero-order valence-electron chi connectivity index (χ0n) is 7.57. The van der Waals surface area contributed by atoms with E-state index in [9.17, 15) is 0 Å². The van der Waals surface area contributed by atoms with Gasteiger partial charge in [-0.15, -0.1) is 0 Å². The van der Waals surface area contributed by atoms with Crippen LogP contribution in [-0.2, 0) is 0 Å². The lowest BCUT2D eigenvalue weighted by atomic mass is 10.4. The maximum atomic E-state index is 4.42. The molecule has 1 aliphatic rings. The van der Waals surface area contributed by atoms with E-state index in [1.165, 1.54) is 12.8 Å². The molecule has 2 heterocycles. The van der Waals surface area contributed by atoms with Gasteiger partial charge in [-0.2, -0.15) is 0 Å². The van der Waals surface area contributed by atoms with E-state index in [1.54, 1.807) is 0 Å². The number of hydrogen-bond donors (Lipinski definition) is 0. The predicted molar refractivity (Wildman–Crippen MR) is 50.5 cm³/mol. The van der Waals surface area contributed by atoms with Gasteiger partial charge in [-0.1, -0.05) is 0 Å². The summed E-state index contributed by atoms with van der Waals surface area (Å²) in [7, 11) is 0. The van der Waals surface area contributed by atoms with Gasteiger partial charge in [0.15, 0.2) is 5.65 Å². The molecule has 1 fully saturated rings. The zero-order valence-corrected chi connectivity index (χ0v) is 7.57. The van der Waals surface area contributed by atoms with Crippen LogP contribution in [0.4, 0.5) is 0 Å². The Hall–Kier alpha value is -1.38. The van der Waals surface area contributed by atoms with Crippen LogP contribution in [0.15, 0.2) is 18.5 Å². The Kier molecular flexibility index (Phi) is 1.26. The fourth-order valence-electron chi connectivity index (χ4n) is 1.67. The van der Waals surface area contributed by atoms with Crippen LogP contribution in [0.25, 0.3) is 11.2 Å². The van der Waals surface area contributed by atoms with Crippen molar-refractivity contribution in [2.75, 3.05) is 0 Å². The Morgan fingerprint density at radius 1 is 1.46 bits per heavy atom. The van der Waals surface area contributed by atoms with Crippen LogP contribution in [0.3, 0.4) is 0 Å². The number of aromatic nitrogens is 3. The summed E-state index contributed by atoms with van der Waals surface area (Å²) in [5.74, 6) is 0. The van der Waals surface area contributed by atoms with Gasteiger partial charge >= 0.3 is 0 Å². The fourth-order valence-corrected chi connectivity index (χ4v) is 1.67. The number of hydrogen-bond acceptors (Lipinski definition) is 2. The van der Waals surface area contributed by atoms with Crippen molar-refractivity contribution >= 4 is 11.2 Å². The summed E-state index contributed by atoms with van der Waals surface area (Å²) in [4.78, 5) is 8.83. The van der Waals surface area contributed by atoms with E-state index in [2.05, 4.69) is 20.7 Å². The van der Waals surface area contributed by atoms with Crippen molar-refractivity contribution in [3.8, 4) is 0 Å². The first kappa shape index (κ1) is 7.06. The van der Waals surface area contributed by atoms with Crippen LogP contribution in [0.1, 0.15) is 24.6 Å². The quantitative estimate of drug-likeness (QED) is 0.661. The Labute approximate surface area is 76.4 Å². The van der Waals surface area contributed by atoms with Crippen LogP contribution in [0.5, 0.6) is 0 Å². The van der Waals surface area contributed by atoms with Gasteiger partial charge in [0.25, 0.3) is 0 Å². The highest BCUT2D eigenvalue weighted by atomic mass is 15.1. The monoisotopic (exact) mass is 173 g/mol. The first-order chi connectivity index (χ1) is 6.34. The second-order valence-electron chi connectivity index (χ2n) is 3.67. The van der Waals surface area contributed by atoms with Crippen LogP contribution in [0.2, 0.25) is 0 Å². The van der Waals surface area contributed by atoms with Crippen molar-refractivity contribution in [1.29, 1.82) is 0 Å². The molecule has 1 aliphatic carbocycles. The molecule has 0 N–H and O–H groups in total. The molecule has 0 unspecified atom stereocenters. The highest BCUT2D eigenvalue weighted by Gasteiger charge is 2.24. The van der Waals surface area contributed by atoms with Gasteiger partial charge in [0.2, 0.25) is 0 Å². The van der Waals surface area contributed by atoms with Crippen LogP contribution < -0.4 is 0 Å². The zero-order chi connectivity index (χ0) is 8.84. The molecule has 2 aromatic rings. The Morgan fingerprint density at radius 3 is 3.08 bits per heavy atom. The van der Waals surface area contributed by atoms with Gasteiger partial charge in [0.05, 0.1) is 11.9 Å². The number of aryl methyl sites for hydroxylation is 1. The summed E-state index contributed by atoms with van der Waals surface area (Å²) in [6.45, 7) is 1.97. The summed E-state index contributed by atoms with van der Waals surface area (Å²) in [6.07, 6.45) is 6.52. The standard InChI is InChI=1S/C10H11N3/c1-7-6-11-10-9(12-7)4-5-13(10)8-2-3-8/h4-6,8H,2-3H2,1H3. The number of rotatable bonds is 1. The Morgan fingerprint density at radius 2 is 2.31 bits per heavy atom. The second kappa shape index (κ2) is 2.31. The van der Waals surface area contributed by atoms with E-state index < -0.39 is 0 Å². The van der Waals surface area contributed by atoms with E-state index in [1.807, 2.05) is 19.2 Å². The molecule has 0 atom stereocenters. The van der Waals surface area contributed by atoms with E-state index in [4.69, 9.17) is 0 Å². The molecular formula is C10H11N3. The van der Waals surface area contributed by atoms with Crippen molar-refractivity contribution in [3.05, 3.63) is 24.2 Å². The predicted octanol–water partition coefficient (Wildman–Crippen LogP) is 2.07. The van der Waals surface area contributed by atoms with Crippen molar-refractivity contribution < 1.29 is 0 Å². The summed E-state index contributed by atoms with van der Waals surface area (Å²) >= 11 is 0. The molecule has 3 heteroatoms. The molecule has 2 aromatic heterocycles. The van der Waals surface area contributed by atoms with Crippen LogP contribution in [0, 0.1) is 6.92 Å². The van der Waals surface area contributed by atoms with Crippen molar-refractivity contribution in [2.24, 2.45) is 0 Å². The molecule has 3 rings (SSSR count). The molecule has 13 heavy (non-hydrogen) atoms. The second-order valence-corrected chi connectivity index (χ2v) is 3.67. The van der Waals surface area contributed by atoms with E-state index in [0.29, 0.717) is 6.04 Å². The van der Waals surface area contributed by atoms with E-state index in [0.717, 1.165) is 16.9 Å². The van der Waals surface area contributed by atoms with Gasteiger partial charge in [-0.05, 0) is 25.8 Å². The fraction of sp³-hybridized carbons (Fsp3) is 0.400. The largest absolute Gasteiger partial charge is 0.328 e. The topological polar surface area (TPSA) is 30.7 Å². The molecule has 0 radical (unpaired) electrons. The number of fused-ring (bicyclic) bond motifs is 1. The minimum Gasteiger partial charge on any atom is -0.328 e. The molecule has 0 saturated heterocycles. The number of nitrogens with zero attached hydrogens (tertiary/aromatic N) is 3. The minimum atomic E-state index is 0.689. The summed E-state index contributed by atoms with van der Waals surface area (Å²) in [6, 6.07) is 2.74. The van der Waals surface area contributed by atoms with Crippen LogP contribution >= 0.6 is 0 Å². The molecule has 0 aromatic carbocycles. The van der Waals surface area contributed by atoms with Crippen LogP contribution in [-0.4, -0.2) is 14.5 Å². The molecular weight excluding hydrogens is 162 g/mol. The average molecular weight is 173 g/mol. The lowest BCUT2D eigenvalue weighted by molar-refractivity contribution is 0.765. The van der Waals surface area contributed by atoms with Gasteiger partial charge in [0, 0.05) is 12.2 Å². The minimum absolute atomic E-state index is 0.689. The van der Waals surface area contributed by atoms with Gasteiger partial charge in [0.1, 0.15) is 5.52 Å². The SMILES string of the molecule is Cc1cnc2c(ccn2C2CC2)n1. The maximum Gasteiger partial charge on any atom is 0.158 e. The molecule has 0 spiro atoms. The van der Waals surface area contributed by atoms with Crippen molar-refractivity contribution in [2.45, 2.75) is 25.8 Å². The summed E-state index contributed by atoms with van der Waals surface area (Å²) in [5.41, 5.74) is 3.04. The highest BCUT2D eigenvalue weighted by Crippen LogP contribution is 2.36. The van der Waals surface area contributed by atoms with Gasteiger partial charge in [-0.3, -0.25) is 0 Å². The normalized spacial score (nSPS) is 16.7. The van der Waals surface area contributed by atoms with E-state index >= 15 is 0 Å². The molecule has 66 valence electrons. The molecule has 1 saturated carbocycles. The lowest BCUT2D eigenvalue weighted by Crippen LogP contribution is -1.94. The average Bonchev–Trinajstić information content (AvgIpc) is 2.87. The Bertz CT molecular complexity index is 454. The highest BCUT2D eigenvalue weighted by molar-refractivity contribution is 5.71. The molecule has 3 nitrogen and oxygen atoms in total. The first-order valence-corrected chi connectivity index (χ1v) is 4.65. The third-order valence-electron chi connectivity index (χ3n) is 2.48. The molecule has 0 amide bonds. The summed E-state index contributed by atoms with van der Waals surface area (Å²) in [5, 5.41) is 0. The third kappa shape index (κ3) is 1.03. The summed E-state index contributed by atoms with van der Waals surface area (Å²) < 4.78 is 2.24. The lowest BCUT2D eigenvalue weighted by Gasteiger charge is -2.00.